The average molecular weight is 547 g/mol. The van der Waals surface area contributed by atoms with Gasteiger partial charge < -0.3 is 5.11 Å². The lowest BCUT2D eigenvalue weighted by Gasteiger charge is -2.23. The molecule has 1 aromatic heterocycles. The fourth-order valence-corrected chi connectivity index (χ4v) is 6.34. The minimum atomic E-state index is -2.65. The van der Waals surface area contributed by atoms with Crippen molar-refractivity contribution in [3.63, 3.8) is 0 Å². The van der Waals surface area contributed by atoms with Crippen molar-refractivity contribution in [2.45, 2.75) is 13.7 Å². The summed E-state index contributed by atoms with van der Waals surface area (Å²) in [7, 11) is 0. The monoisotopic (exact) mass is 546 g/mol. The summed E-state index contributed by atoms with van der Waals surface area (Å²) in [5.41, 5.74) is 9.03. The van der Waals surface area contributed by atoms with Gasteiger partial charge in [-0.3, -0.25) is 4.57 Å². The van der Waals surface area contributed by atoms with Crippen LogP contribution in [0.5, 0.6) is 5.75 Å². The zero-order valence-corrected chi connectivity index (χ0v) is 22.5. The third-order valence-corrected chi connectivity index (χ3v) is 8.15. The molecule has 3 nitrogen and oxygen atoms in total. The quantitative estimate of drug-likeness (QED) is 0.234. The number of aryl methyl sites for hydroxylation is 2. The van der Waals surface area contributed by atoms with Gasteiger partial charge >= 0.3 is 0 Å². The van der Waals surface area contributed by atoms with Crippen molar-refractivity contribution in [1.29, 1.82) is 0 Å². The van der Waals surface area contributed by atoms with Gasteiger partial charge in [0, 0.05) is 13.8 Å². The maximum Gasteiger partial charge on any atom is 0.149 e. The van der Waals surface area contributed by atoms with Crippen molar-refractivity contribution < 1.29 is 13.3 Å². The fraction of sp³-hybridized carbons (Fsp3) is 0.0513. The van der Waals surface area contributed by atoms with Gasteiger partial charge in [0.1, 0.15) is 11.6 Å². The molecule has 0 saturated heterocycles. The molecule has 8 rings (SSSR count). The number of hydrogen-bond acceptors (Lipinski definition) is 2. The van der Waals surface area contributed by atoms with Crippen LogP contribution in [0.25, 0.3) is 72.6 Å². The molecule has 0 bridgehead atoms. The maximum atomic E-state index is 11.2. The second kappa shape index (κ2) is 9.32. The predicted molar refractivity (Wildman–Crippen MR) is 173 cm³/mol. The zero-order valence-electron chi connectivity index (χ0n) is 28.5. The van der Waals surface area contributed by atoms with E-state index in [0.29, 0.717) is 16.6 Å². The van der Waals surface area contributed by atoms with Crippen molar-refractivity contribution in [2.24, 2.45) is 0 Å². The van der Waals surface area contributed by atoms with Gasteiger partial charge in [-0.05, 0) is 82.0 Å². The smallest absolute Gasteiger partial charge is 0.149 e. The summed E-state index contributed by atoms with van der Waals surface area (Å²) in [6.45, 7) is -5.30. The largest absolute Gasteiger partial charge is 0.507 e. The van der Waals surface area contributed by atoms with Crippen LogP contribution in [0, 0.1) is 13.7 Å². The Morgan fingerprint density at radius 1 is 0.524 bits per heavy atom. The van der Waals surface area contributed by atoms with Gasteiger partial charge in [0.15, 0.2) is 0 Å². The number of fused-ring (bicyclic) bond motifs is 10. The Balaban J connectivity index is 1.60. The Morgan fingerprint density at radius 3 is 1.60 bits per heavy atom. The number of aromatic nitrogens is 2. The SMILES string of the molecule is [2H]C([2H])([2H])c1cccc(C([2H])([2H])[2H])c1-n1c(-c2ccccc2O)nc2c3c(ccc21)-c1ccccc1-c1ccccc1-c1ccccc1-3. The highest BCUT2D eigenvalue weighted by Crippen LogP contribution is 2.50. The number of phenolic OH excluding ortho intramolecular Hbond substituents is 1. The van der Waals surface area contributed by atoms with Gasteiger partial charge in [-0.15, -0.1) is 0 Å². The molecule has 200 valence electrons. The first-order valence-electron chi connectivity index (χ1n) is 16.8. The lowest BCUT2D eigenvalue weighted by molar-refractivity contribution is 0.477. The molecule has 42 heavy (non-hydrogen) atoms. The molecular formula is C39H28N2O. The molecular weight excluding hydrogens is 512 g/mol. The number of benzene rings is 6. The third-order valence-electron chi connectivity index (χ3n) is 8.15. The second-order valence-corrected chi connectivity index (χ2v) is 10.5. The van der Waals surface area contributed by atoms with E-state index in [2.05, 4.69) is 36.4 Å². The lowest BCUT2D eigenvalue weighted by Crippen LogP contribution is -2.03. The van der Waals surface area contributed by atoms with Gasteiger partial charge in [0.25, 0.3) is 0 Å². The Labute approximate surface area is 253 Å². The number of hydrogen-bond donors (Lipinski definition) is 1. The van der Waals surface area contributed by atoms with E-state index >= 15 is 0 Å². The molecule has 0 aliphatic heterocycles. The van der Waals surface area contributed by atoms with Crippen LogP contribution < -0.4 is 0 Å². The average Bonchev–Trinajstić information content (AvgIpc) is 3.45. The molecule has 1 heterocycles. The highest BCUT2D eigenvalue weighted by Gasteiger charge is 2.27. The standard InChI is InChI=1S/C39H28N2O/c1-24-12-11-13-25(2)38(24)41-34-23-22-32-30-18-6-5-16-28(30)26-14-3-4-15-27(26)29-17-7-8-19-31(29)36(32)37(34)40-39(41)33-20-9-10-21-35(33)42/h3-23,42H,1-2H3/i1D3,2D3. The van der Waals surface area contributed by atoms with Crippen LogP contribution >= 0.6 is 0 Å². The Morgan fingerprint density at radius 2 is 1.02 bits per heavy atom. The first kappa shape index (κ1) is 18.8. The number of nitrogens with zero attached hydrogens (tertiary/aromatic N) is 2. The fourth-order valence-electron chi connectivity index (χ4n) is 6.34. The number of aromatic hydroxyl groups is 1. The summed E-state index contributed by atoms with van der Waals surface area (Å²) in [4.78, 5) is 5.22. The van der Waals surface area contributed by atoms with Gasteiger partial charge in [0.2, 0.25) is 0 Å². The minimum Gasteiger partial charge on any atom is -0.507 e. The molecule has 0 atom stereocenters. The van der Waals surface area contributed by atoms with Gasteiger partial charge in [-0.2, -0.15) is 0 Å². The topological polar surface area (TPSA) is 38.0 Å². The number of rotatable bonds is 2. The molecule has 1 aliphatic rings. The van der Waals surface area contributed by atoms with Gasteiger partial charge in [-0.25, -0.2) is 4.98 Å². The van der Waals surface area contributed by atoms with Crippen molar-refractivity contribution in [2.75, 3.05) is 0 Å². The van der Waals surface area contributed by atoms with E-state index in [1.807, 2.05) is 48.5 Å². The molecule has 7 aromatic rings. The Hall–Kier alpha value is -5.41. The summed E-state index contributed by atoms with van der Waals surface area (Å²) in [5.74, 6) is 0.158. The maximum absolute atomic E-state index is 11.2. The minimum absolute atomic E-state index is 0.00285. The van der Waals surface area contributed by atoms with Crippen LogP contribution in [-0.4, -0.2) is 14.7 Å². The highest BCUT2D eigenvalue weighted by molar-refractivity contribution is 6.11. The van der Waals surface area contributed by atoms with E-state index in [1.165, 1.54) is 24.3 Å². The molecule has 0 saturated carbocycles. The van der Waals surface area contributed by atoms with E-state index < -0.39 is 13.7 Å². The second-order valence-electron chi connectivity index (χ2n) is 10.5. The van der Waals surface area contributed by atoms with E-state index in [4.69, 9.17) is 13.2 Å². The van der Waals surface area contributed by atoms with Crippen LogP contribution in [0.3, 0.4) is 0 Å². The van der Waals surface area contributed by atoms with E-state index in [0.717, 1.165) is 44.5 Å². The van der Waals surface area contributed by atoms with Crippen LogP contribution in [-0.2, 0) is 0 Å². The van der Waals surface area contributed by atoms with Crippen molar-refractivity contribution in [1.82, 2.24) is 9.55 Å². The van der Waals surface area contributed by atoms with Crippen molar-refractivity contribution in [3.05, 3.63) is 139 Å². The molecule has 0 spiro atoms. The summed E-state index contributed by atoms with van der Waals surface area (Å²) in [6.07, 6.45) is 0. The van der Waals surface area contributed by atoms with E-state index in [1.54, 1.807) is 22.8 Å². The molecule has 6 aromatic carbocycles. The normalized spacial score (nSPS) is 14.4. The highest BCUT2D eigenvalue weighted by atomic mass is 16.3. The molecule has 0 amide bonds. The van der Waals surface area contributed by atoms with E-state index in [9.17, 15) is 5.11 Å². The van der Waals surface area contributed by atoms with Crippen LogP contribution in [0.15, 0.2) is 127 Å². The number of imidazole rings is 1. The van der Waals surface area contributed by atoms with Crippen molar-refractivity contribution in [3.8, 4) is 67.3 Å². The van der Waals surface area contributed by atoms with Crippen LogP contribution in [0.4, 0.5) is 0 Å². The number of para-hydroxylation sites is 2. The summed E-state index contributed by atoms with van der Waals surface area (Å²) < 4.78 is 52.4. The van der Waals surface area contributed by atoms with Crippen LogP contribution in [0.2, 0.25) is 0 Å². The van der Waals surface area contributed by atoms with E-state index in [-0.39, 0.29) is 28.4 Å². The molecule has 1 N–H and O–H groups in total. The Kier molecular flexibility index (Phi) is 4.18. The lowest BCUT2D eigenvalue weighted by atomic mass is 9.80. The number of phenols is 1. The summed E-state index contributed by atoms with van der Waals surface area (Å²) >= 11 is 0. The molecule has 0 fully saturated rings. The van der Waals surface area contributed by atoms with Crippen molar-refractivity contribution >= 4 is 11.0 Å². The molecule has 0 radical (unpaired) electrons. The first-order valence-corrected chi connectivity index (χ1v) is 13.8. The zero-order chi connectivity index (χ0) is 33.4. The summed E-state index contributed by atoms with van der Waals surface area (Å²) in [5, 5.41) is 11.2. The third kappa shape index (κ3) is 3.50. The molecule has 3 heteroatoms. The van der Waals surface area contributed by atoms with Gasteiger partial charge in [0.05, 0.1) is 22.3 Å². The van der Waals surface area contributed by atoms with Crippen LogP contribution in [0.1, 0.15) is 19.4 Å². The summed E-state index contributed by atoms with van der Waals surface area (Å²) in [6, 6.07) is 39.5. The molecule has 0 unspecified atom stereocenters. The molecule has 1 aliphatic carbocycles. The predicted octanol–water partition coefficient (Wildman–Crippen LogP) is 10.00. The van der Waals surface area contributed by atoms with Gasteiger partial charge in [-0.1, -0.05) is 109 Å². The Bertz CT molecular complexity index is 2370. The first-order chi connectivity index (χ1) is 23.0.